The predicted molar refractivity (Wildman–Crippen MR) is 69.0 cm³/mol. The van der Waals surface area contributed by atoms with Gasteiger partial charge in [0, 0.05) is 0 Å². The number of para-hydroxylation sites is 1. The molecule has 1 unspecified atom stereocenters. The van der Waals surface area contributed by atoms with Gasteiger partial charge in [0.1, 0.15) is 0 Å². The van der Waals surface area contributed by atoms with E-state index in [0.717, 1.165) is 18.5 Å². The topological polar surface area (TPSA) is 38.0 Å². The van der Waals surface area contributed by atoms with Crippen LogP contribution in [0.1, 0.15) is 17.0 Å². The molecule has 23 heavy (non-hydrogen) atoms. The summed E-state index contributed by atoms with van der Waals surface area (Å²) in [5.41, 5.74) is -1.91. The summed E-state index contributed by atoms with van der Waals surface area (Å²) in [5.74, 6) is -10.9. The quantitative estimate of drug-likeness (QED) is 0.865. The molecule has 0 aliphatic rings. The zero-order valence-corrected chi connectivity index (χ0v) is 12.0. The monoisotopic (exact) mass is 338 g/mol. The molecule has 1 atom stereocenters. The van der Waals surface area contributed by atoms with Crippen LogP contribution in [0.2, 0.25) is 0 Å². The van der Waals surface area contributed by atoms with Crippen molar-refractivity contribution in [3.8, 4) is 5.69 Å². The smallest absolute Gasteiger partial charge is 0.350 e. The summed E-state index contributed by atoms with van der Waals surface area (Å²) in [6, 6.07) is 7.78. The summed E-state index contributed by atoms with van der Waals surface area (Å²) in [6.07, 6.45) is -6.16. The Morgan fingerprint density at radius 2 is 1.48 bits per heavy atom. The lowest BCUT2D eigenvalue weighted by atomic mass is 9.99. The molecule has 0 bridgehead atoms. The van der Waals surface area contributed by atoms with E-state index in [4.69, 9.17) is 5.11 Å². The predicted octanol–water partition coefficient (Wildman–Crippen LogP) is 3.80. The van der Waals surface area contributed by atoms with E-state index in [1.165, 1.54) is 12.1 Å². The largest absolute Gasteiger partial charge is 0.455 e. The fourth-order valence-electron chi connectivity index (χ4n) is 2.26. The first-order chi connectivity index (χ1) is 10.4. The molecular weight excluding hydrogens is 326 g/mol. The van der Waals surface area contributed by atoms with Crippen LogP contribution in [0.5, 0.6) is 0 Å². The second kappa shape index (κ2) is 5.26. The Morgan fingerprint density at radius 3 is 1.96 bits per heavy atom. The molecule has 9 heteroatoms. The van der Waals surface area contributed by atoms with Crippen molar-refractivity contribution in [2.45, 2.75) is 31.8 Å². The molecule has 1 aromatic heterocycles. The highest BCUT2D eigenvalue weighted by Gasteiger charge is 2.72. The van der Waals surface area contributed by atoms with E-state index in [9.17, 15) is 26.3 Å². The van der Waals surface area contributed by atoms with Gasteiger partial charge in [0.05, 0.1) is 22.6 Å². The van der Waals surface area contributed by atoms with Gasteiger partial charge in [0.25, 0.3) is 0 Å². The first-order valence-corrected chi connectivity index (χ1v) is 6.39. The van der Waals surface area contributed by atoms with Gasteiger partial charge < -0.3 is 5.11 Å². The molecule has 1 aromatic carbocycles. The van der Waals surface area contributed by atoms with E-state index in [1.807, 2.05) is 0 Å². The summed E-state index contributed by atoms with van der Waals surface area (Å²) < 4.78 is 80.0. The summed E-state index contributed by atoms with van der Waals surface area (Å²) in [4.78, 5) is 0. The van der Waals surface area contributed by atoms with Gasteiger partial charge in [-0.25, -0.2) is 4.68 Å². The molecule has 0 amide bonds. The third-order valence-electron chi connectivity index (χ3n) is 3.40. The van der Waals surface area contributed by atoms with E-state index in [1.54, 1.807) is 18.2 Å². The van der Waals surface area contributed by atoms with Gasteiger partial charge in [0.15, 0.2) is 0 Å². The van der Waals surface area contributed by atoms with E-state index < -0.39 is 34.9 Å². The molecule has 126 valence electrons. The summed E-state index contributed by atoms with van der Waals surface area (Å²) in [6.45, 7) is 2.09. The van der Waals surface area contributed by atoms with Crippen LogP contribution in [-0.2, 0) is 5.92 Å². The number of hydrogen-bond donors (Lipinski definition) is 1. The highest BCUT2D eigenvalue weighted by atomic mass is 19.4. The summed E-state index contributed by atoms with van der Waals surface area (Å²) >= 11 is 0. The minimum atomic E-state index is -6.16. The number of alkyl halides is 6. The lowest BCUT2D eigenvalue weighted by Gasteiger charge is -2.30. The maximum absolute atomic E-state index is 14.1. The van der Waals surface area contributed by atoms with Gasteiger partial charge in [-0.3, -0.25) is 0 Å². The highest BCUT2D eigenvalue weighted by Crippen LogP contribution is 2.50. The van der Waals surface area contributed by atoms with Crippen molar-refractivity contribution in [3.05, 3.63) is 47.3 Å². The van der Waals surface area contributed by atoms with Crippen molar-refractivity contribution in [1.82, 2.24) is 9.78 Å². The normalized spacial score (nSPS) is 15.5. The van der Waals surface area contributed by atoms with E-state index in [0.29, 0.717) is 5.69 Å². The maximum atomic E-state index is 14.1. The van der Waals surface area contributed by atoms with Gasteiger partial charge >= 0.3 is 18.0 Å². The van der Waals surface area contributed by atoms with Gasteiger partial charge in [-0.1, -0.05) is 18.2 Å². The number of hydrogen-bond acceptors (Lipinski definition) is 2. The zero-order valence-electron chi connectivity index (χ0n) is 12.0. The second-order valence-corrected chi connectivity index (χ2v) is 4.99. The van der Waals surface area contributed by atoms with Crippen LogP contribution in [0.15, 0.2) is 30.3 Å². The van der Waals surface area contributed by atoms with Crippen LogP contribution < -0.4 is 0 Å². The first kappa shape index (κ1) is 17.3. The average Bonchev–Trinajstić information content (AvgIpc) is 2.74. The van der Waals surface area contributed by atoms with E-state index >= 15 is 0 Å². The second-order valence-electron chi connectivity index (χ2n) is 4.99. The third kappa shape index (κ3) is 2.58. The van der Waals surface area contributed by atoms with Crippen molar-refractivity contribution in [1.29, 1.82) is 0 Å². The third-order valence-corrected chi connectivity index (χ3v) is 3.40. The molecule has 1 heterocycles. The van der Waals surface area contributed by atoms with Crippen LogP contribution in [0, 0.1) is 13.8 Å². The van der Waals surface area contributed by atoms with Crippen molar-refractivity contribution >= 4 is 0 Å². The van der Waals surface area contributed by atoms with E-state index in [-0.39, 0.29) is 0 Å². The molecule has 0 spiro atoms. The molecule has 0 saturated carbocycles. The maximum Gasteiger partial charge on any atom is 0.455 e. The van der Waals surface area contributed by atoms with Crippen LogP contribution in [-0.4, -0.2) is 26.9 Å². The van der Waals surface area contributed by atoms with Gasteiger partial charge in [-0.05, 0) is 26.0 Å². The van der Waals surface area contributed by atoms with Gasteiger partial charge in [-0.2, -0.15) is 31.4 Å². The molecule has 1 N–H and O–H groups in total. The van der Waals surface area contributed by atoms with E-state index in [2.05, 4.69) is 5.10 Å². The molecule has 0 aliphatic heterocycles. The van der Waals surface area contributed by atoms with Crippen molar-refractivity contribution in [2.24, 2.45) is 0 Å². The number of aryl methyl sites for hydroxylation is 1. The standard InChI is InChI=1S/C14H12F6N2O/c1-8-11(12(15,16)13(17,23)14(18,19)20)9(2)22(21-8)10-6-4-3-5-7-10/h3-7,23H,1-2H3. The molecule has 0 radical (unpaired) electrons. The van der Waals surface area contributed by atoms with Gasteiger partial charge in [0.2, 0.25) is 0 Å². The molecular formula is C14H12F6N2O. The SMILES string of the molecule is Cc1nn(-c2ccccc2)c(C)c1C(F)(F)C(O)(F)C(F)(F)F. The number of aliphatic hydroxyl groups is 1. The van der Waals surface area contributed by atoms with Crippen molar-refractivity contribution in [3.63, 3.8) is 0 Å². The average molecular weight is 338 g/mol. The number of nitrogens with zero attached hydrogens (tertiary/aromatic N) is 2. The number of benzene rings is 1. The highest BCUT2D eigenvalue weighted by molar-refractivity contribution is 5.39. The fraction of sp³-hybridized carbons (Fsp3) is 0.357. The van der Waals surface area contributed by atoms with Crippen molar-refractivity contribution < 1.29 is 31.4 Å². The molecule has 0 fully saturated rings. The Hall–Kier alpha value is -2.03. The van der Waals surface area contributed by atoms with Crippen LogP contribution in [0.4, 0.5) is 26.3 Å². The first-order valence-electron chi connectivity index (χ1n) is 6.39. The Bertz CT molecular complexity index is 706. The number of rotatable bonds is 3. The lowest BCUT2D eigenvalue weighted by Crippen LogP contribution is -2.53. The van der Waals surface area contributed by atoms with Gasteiger partial charge in [-0.15, -0.1) is 0 Å². The van der Waals surface area contributed by atoms with Crippen molar-refractivity contribution in [2.75, 3.05) is 0 Å². The minimum absolute atomic E-state index is 0.310. The zero-order chi connectivity index (χ0) is 17.6. The fourth-order valence-corrected chi connectivity index (χ4v) is 2.26. The van der Waals surface area contributed by atoms with Crippen LogP contribution >= 0.6 is 0 Å². The van der Waals surface area contributed by atoms with Crippen LogP contribution in [0.25, 0.3) is 5.69 Å². The Morgan fingerprint density at radius 1 is 0.957 bits per heavy atom. The Labute approximate surface area is 127 Å². The minimum Gasteiger partial charge on any atom is -0.350 e. The number of halogens is 6. The van der Waals surface area contributed by atoms with Crippen LogP contribution in [0.3, 0.4) is 0 Å². The number of aromatic nitrogens is 2. The Balaban J connectivity index is 2.64. The molecule has 0 aliphatic carbocycles. The Kier molecular flexibility index (Phi) is 3.96. The lowest BCUT2D eigenvalue weighted by molar-refractivity contribution is -0.390. The molecule has 2 aromatic rings. The molecule has 2 rings (SSSR count). The molecule has 3 nitrogen and oxygen atoms in total. The summed E-state index contributed by atoms with van der Waals surface area (Å²) in [7, 11) is 0. The molecule has 0 saturated heterocycles. The summed E-state index contributed by atoms with van der Waals surface area (Å²) in [5, 5.41) is 12.5.